The van der Waals surface area contributed by atoms with E-state index in [0.717, 1.165) is 22.8 Å². The van der Waals surface area contributed by atoms with Crippen molar-refractivity contribution < 1.29 is 13.9 Å². The minimum absolute atomic E-state index is 0.0488. The first-order chi connectivity index (χ1) is 14.2. The Bertz CT molecular complexity index is 952. The average Bonchev–Trinajstić information content (AvgIpc) is 3.37. The van der Waals surface area contributed by atoms with Gasteiger partial charge >= 0.3 is 6.03 Å². The zero-order valence-corrected chi connectivity index (χ0v) is 16.4. The molecule has 0 spiro atoms. The molecule has 29 heavy (non-hydrogen) atoms. The van der Waals surface area contributed by atoms with E-state index in [1.165, 1.54) is 0 Å². The van der Waals surface area contributed by atoms with Gasteiger partial charge in [-0.25, -0.2) is 4.79 Å². The lowest BCUT2D eigenvalue weighted by atomic mass is 10.0. The third kappa shape index (κ3) is 3.63. The van der Waals surface area contributed by atoms with Crippen molar-refractivity contribution in [2.24, 2.45) is 0 Å². The summed E-state index contributed by atoms with van der Waals surface area (Å²) in [5, 5.41) is 0. The number of furan rings is 1. The van der Waals surface area contributed by atoms with Gasteiger partial charge in [0, 0.05) is 12.2 Å². The Morgan fingerprint density at radius 3 is 2.45 bits per heavy atom. The number of ether oxygens (including phenoxy) is 1. The number of methoxy groups -OCH3 is 1. The minimum atomic E-state index is -0.243. The van der Waals surface area contributed by atoms with Crippen LogP contribution in [0.25, 0.3) is 0 Å². The number of rotatable bonds is 7. The normalized spacial score (nSPS) is 18.9. The van der Waals surface area contributed by atoms with Gasteiger partial charge < -0.3 is 14.1 Å². The van der Waals surface area contributed by atoms with Crippen molar-refractivity contribution in [2.75, 3.05) is 12.0 Å². The number of nitrogens with zero attached hydrogens (tertiary/aromatic N) is 2. The summed E-state index contributed by atoms with van der Waals surface area (Å²) >= 11 is 0. The lowest BCUT2D eigenvalue weighted by molar-refractivity contribution is 0.198. The van der Waals surface area contributed by atoms with Gasteiger partial charge in [0.25, 0.3) is 0 Å². The van der Waals surface area contributed by atoms with Crippen LogP contribution >= 0.6 is 0 Å². The van der Waals surface area contributed by atoms with Crippen LogP contribution in [0.5, 0.6) is 5.75 Å². The molecular weight excluding hydrogens is 364 g/mol. The van der Waals surface area contributed by atoms with E-state index in [1.807, 2.05) is 82.6 Å². The fourth-order valence-corrected chi connectivity index (χ4v) is 3.92. The standard InChI is InChI=1S/C24H24N2O3/c1-3-8-21-23(22-11-7-16-29-22)26(19-12-14-20(28-2)15-13-19)24(27)25(21)17-18-9-5-4-6-10-18/h3-7,9-16,21,23H,1,8,17H2,2H3. The number of carbonyl (C=O) groups excluding carboxylic acids is 1. The first-order valence-electron chi connectivity index (χ1n) is 9.65. The van der Waals surface area contributed by atoms with Crippen LogP contribution in [-0.4, -0.2) is 24.1 Å². The van der Waals surface area contributed by atoms with E-state index in [-0.39, 0.29) is 18.1 Å². The zero-order valence-electron chi connectivity index (χ0n) is 16.4. The largest absolute Gasteiger partial charge is 0.497 e. The molecule has 1 fully saturated rings. The predicted octanol–water partition coefficient (Wildman–Crippen LogP) is 5.42. The van der Waals surface area contributed by atoms with Crippen LogP contribution in [-0.2, 0) is 6.54 Å². The molecule has 4 rings (SSSR count). The van der Waals surface area contributed by atoms with Crippen molar-refractivity contribution >= 4 is 11.7 Å². The smallest absolute Gasteiger partial charge is 0.325 e. The Hall–Kier alpha value is -3.47. The second-order valence-electron chi connectivity index (χ2n) is 7.02. The first kappa shape index (κ1) is 18.9. The molecule has 2 aromatic carbocycles. The van der Waals surface area contributed by atoms with Crippen molar-refractivity contribution in [2.45, 2.75) is 25.0 Å². The SMILES string of the molecule is C=CCC1C(c2ccco2)N(c2ccc(OC)cc2)C(=O)N1Cc1ccccc1. The van der Waals surface area contributed by atoms with E-state index >= 15 is 0 Å². The van der Waals surface area contributed by atoms with E-state index in [4.69, 9.17) is 9.15 Å². The third-order valence-corrected chi connectivity index (χ3v) is 5.28. The molecule has 0 bridgehead atoms. The van der Waals surface area contributed by atoms with Gasteiger partial charge in [0.1, 0.15) is 17.6 Å². The fraction of sp³-hybridized carbons (Fsp3) is 0.208. The van der Waals surface area contributed by atoms with Crippen LogP contribution in [0, 0.1) is 0 Å². The molecule has 2 unspecified atom stereocenters. The molecule has 2 heterocycles. The molecule has 2 amide bonds. The van der Waals surface area contributed by atoms with E-state index < -0.39 is 0 Å². The third-order valence-electron chi connectivity index (χ3n) is 5.28. The van der Waals surface area contributed by atoms with Crippen LogP contribution in [0.1, 0.15) is 23.8 Å². The Morgan fingerprint density at radius 2 is 1.83 bits per heavy atom. The molecule has 1 aliphatic heterocycles. The number of hydrogen-bond donors (Lipinski definition) is 0. The summed E-state index contributed by atoms with van der Waals surface area (Å²) in [6.07, 6.45) is 4.18. The van der Waals surface area contributed by atoms with Gasteiger partial charge in [-0.3, -0.25) is 4.90 Å². The summed E-state index contributed by atoms with van der Waals surface area (Å²) in [6.45, 7) is 4.45. The number of hydrogen-bond acceptors (Lipinski definition) is 3. The highest BCUT2D eigenvalue weighted by molar-refractivity contribution is 5.95. The van der Waals surface area contributed by atoms with Gasteiger partial charge in [0.2, 0.25) is 0 Å². The summed E-state index contributed by atoms with van der Waals surface area (Å²) in [5.74, 6) is 1.51. The summed E-state index contributed by atoms with van der Waals surface area (Å²) in [6, 6.07) is 21.0. The van der Waals surface area contributed by atoms with Gasteiger partial charge in [0.15, 0.2) is 0 Å². The van der Waals surface area contributed by atoms with Crippen molar-refractivity contribution in [3.8, 4) is 5.75 Å². The molecule has 0 saturated carbocycles. The maximum atomic E-state index is 13.6. The molecule has 1 aromatic heterocycles. The average molecular weight is 388 g/mol. The Kier molecular flexibility index (Phi) is 5.38. The van der Waals surface area contributed by atoms with Gasteiger partial charge in [-0.2, -0.15) is 0 Å². The molecule has 5 heteroatoms. The molecule has 1 saturated heterocycles. The number of anilines is 1. The molecule has 5 nitrogen and oxygen atoms in total. The predicted molar refractivity (Wildman–Crippen MR) is 113 cm³/mol. The molecule has 0 N–H and O–H groups in total. The number of benzene rings is 2. The zero-order chi connectivity index (χ0) is 20.2. The highest BCUT2D eigenvalue weighted by Gasteiger charge is 2.47. The van der Waals surface area contributed by atoms with Gasteiger partial charge in [0.05, 0.1) is 19.4 Å². The van der Waals surface area contributed by atoms with Crippen LogP contribution in [0.3, 0.4) is 0 Å². The van der Waals surface area contributed by atoms with Gasteiger partial charge in [-0.1, -0.05) is 36.4 Å². The number of urea groups is 1. The Balaban J connectivity index is 1.76. The fourth-order valence-electron chi connectivity index (χ4n) is 3.92. The van der Waals surface area contributed by atoms with Crippen molar-refractivity contribution in [1.29, 1.82) is 0 Å². The maximum absolute atomic E-state index is 13.6. The van der Waals surface area contributed by atoms with Crippen LogP contribution in [0.15, 0.2) is 90.1 Å². The number of carbonyl (C=O) groups is 1. The van der Waals surface area contributed by atoms with E-state index in [0.29, 0.717) is 13.0 Å². The first-order valence-corrected chi connectivity index (χ1v) is 9.65. The Labute approximate surface area is 170 Å². The van der Waals surface area contributed by atoms with Crippen molar-refractivity contribution in [3.63, 3.8) is 0 Å². The molecule has 2 atom stereocenters. The van der Waals surface area contributed by atoms with Crippen molar-refractivity contribution in [3.05, 3.63) is 97.0 Å². The van der Waals surface area contributed by atoms with Crippen LogP contribution < -0.4 is 9.64 Å². The highest BCUT2D eigenvalue weighted by Crippen LogP contribution is 2.41. The lowest BCUT2D eigenvalue weighted by Gasteiger charge is -2.26. The van der Waals surface area contributed by atoms with E-state index in [2.05, 4.69) is 6.58 Å². The summed E-state index contributed by atoms with van der Waals surface area (Å²) in [4.78, 5) is 17.3. The van der Waals surface area contributed by atoms with Crippen LogP contribution in [0.4, 0.5) is 10.5 Å². The lowest BCUT2D eigenvalue weighted by Crippen LogP contribution is -2.34. The molecule has 3 aromatic rings. The Morgan fingerprint density at radius 1 is 1.07 bits per heavy atom. The second-order valence-corrected chi connectivity index (χ2v) is 7.02. The van der Waals surface area contributed by atoms with E-state index in [9.17, 15) is 4.79 Å². The van der Waals surface area contributed by atoms with Crippen molar-refractivity contribution in [1.82, 2.24) is 4.90 Å². The summed E-state index contributed by atoms with van der Waals surface area (Å²) in [5.41, 5.74) is 1.89. The summed E-state index contributed by atoms with van der Waals surface area (Å²) < 4.78 is 11.0. The second kappa shape index (κ2) is 8.27. The van der Waals surface area contributed by atoms with E-state index in [1.54, 1.807) is 13.4 Å². The highest BCUT2D eigenvalue weighted by atomic mass is 16.5. The molecule has 0 radical (unpaired) electrons. The molecular formula is C24H24N2O3. The molecule has 0 aliphatic carbocycles. The molecule has 1 aliphatic rings. The van der Waals surface area contributed by atoms with Gasteiger partial charge in [-0.05, 0) is 48.4 Å². The maximum Gasteiger partial charge on any atom is 0.325 e. The number of amides is 2. The topological polar surface area (TPSA) is 45.9 Å². The summed E-state index contributed by atoms with van der Waals surface area (Å²) in [7, 11) is 1.63. The van der Waals surface area contributed by atoms with Crippen LogP contribution in [0.2, 0.25) is 0 Å². The quantitative estimate of drug-likeness (QED) is 0.508. The monoisotopic (exact) mass is 388 g/mol. The minimum Gasteiger partial charge on any atom is -0.497 e. The van der Waals surface area contributed by atoms with Gasteiger partial charge in [-0.15, -0.1) is 6.58 Å². The molecule has 148 valence electrons.